The number of rotatable bonds is 6. The molecule has 1 rings (SSSR count). The first kappa shape index (κ1) is 15.6. The molecule has 0 saturated carbocycles. The summed E-state index contributed by atoms with van der Waals surface area (Å²) in [4.78, 5) is 13.3. The third kappa shape index (κ3) is 5.34. The van der Waals surface area contributed by atoms with Gasteiger partial charge in [-0.25, -0.2) is 8.78 Å². The number of hydrogen-bond donors (Lipinski definition) is 1. The van der Waals surface area contributed by atoms with E-state index in [1.165, 1.54) is 17.0 Å². The topological polar surface area (TPSA) is 40.5 Å². The van der Waals surface area contributed by atoms with E-state index in [4.69, 9.17) is 5.11 Å². The fourth-order valence-corrected chi connectivity index (χ4v) is 1.66. The van der Waals surface area contributed by atoms with Gasteiger partial charge in [0.05, 0.1) is 6.10 Å². The van der Waals surface area contributed by atoms with Crippen molar-refractivity contribution in [1.29, 1.82) is 0 Å². The smallest absolute Gasteiger partial charge is 0.222 e. The lowest BCUT2D eigenvalue weighted by atomic mass is 10.1. The molecule has 19 heavy (non-hydrogen) atoms. The molecule has 0 aliphatic carbocycles. The van der Waals surface area contributed by atoms with Crippen LogP contribution in [0.25, 0.3) is 0 Å². The molecule has 3 nitrogen and oxygen atoms in total. The molecule has 0 radical (unpaired) electrons. The highest BCUT2D eigenvalue weighted by atomic mass is 19.1. The highest BCUT2D eigenvalue weighted by Crippen LogP contribution is 2.12. The Kier molecular flexibility index (Phi) is 5.89. The predicted molar refractivity (Wildman–Crippen MR) is 68.6 cm³/mol. The highest BCUT2D eigenvalue weighted by molar-refractivity contribution is 5.76. The van der Waals surface area contributed by atoms with Crippen molar-refractivity contribution in [3.05, 3.63) is 35.4 Å². The maximum Gasteiger partial charge on any atom is 0.222 e. The van der Waals surface area contributed by atoms with Crippen LogP contribution in [0.2, 0.25) is 0 Å². The molecule has 1 aromatic rings. The van der Waals surface area contributed by atoms with Crippen LogP contribution in [0.3, 0.4) is 0 Å². The van der Waals surface area contributed by atoms with Crippen LogP contribution in [0, 0.1) is 11.6 Å². The molecule has 1 atom stereocenters. The number of aliphatic hydroxyl groups excluding tert-OH is 1. The van der Waals surface area contributed by atoms with Crippen LogP contribution in [0.1, 0.15) is 25.3 Å². The van der Waals surface area contributed by atoms with Crippen molar-refractivity contribution in [2.24, 2.45) is 0 Å². The summed E-state index contributed by atoms with van der Waals surface area (Å²) in [6, 6.07) is 3.35. The van der Waals surface area contributed by atoms with Crippen molar-refractivity contribution in [3.8, 4) is 0 Å². The number of carbonyl (C=O) groups excluding carboxylic acids is 1. The van der Waals surface area contributed by atoms with E-state index in [9.17, 15) is 13.6 Å². The Balaban J connectivity index is 2.45. The molecule has 1 N–H and O–H groups in total. The third-order valence-corrected chi connectivity index (χ3v) is 2.93. The van der Waals surface area contributed by atoms with E-state index < -0.39 is 17.7 Å². The number of hydrogen-bond acceptors (Lipinski definition) is 2. The van der Waals surface area contributed by atoms with Gasteiger partial charge in [0.1, 0.15) is 11.6 Å². The van der Waals surface area contributed by atoms with Gasteiger partial charge in [-0.2, -0.15) is 0 Å². The quantitative estimate of drug-likeness (QED) is 0.861. The van der Waals surface area contributed by atoms with E-state index in [2.05, 4.69) is 0 Å². The SMILES string of the molecule is CC(O)CCN(C)C(=O)CCc1ccc(F)cc1F. The van der Waals surface area contributed by atoms with Crippen molar-refractivity contribution >= 4 is 5.91 Å². The number of halogens is 2. The second kappa shape index (κ2) is 7.19. The lowest BCUT2D eigenvalue weighted by Crippen LogP contribution is -2.29. The lowest BCUT2D eigenvalue weighted by molar-refractivity contribution is -0.130. The Morgan fingerprint density at radius 3 is 2.68 bits per heavy atom. The number of aliphatic hydroxyl groups is 1. The molecule has 1 aromatic carbocycles. The zero-order chi connectivity index (χ0) is 14.4. The van der Waals surface area contributed by atoms with Gasteiger partial charge in [0, 0.05) is 26.1 Å². The second-order valence-electron chi connectivity index (χ2n) is 4.69. The summed E-state index contributed by atoms with van der Waals surface area (Å²) in [5.41, 5.74) is 0.332. The van der Waals surface area contributed by atoms with Gasteiger partial charge in [0.2, 0.25) is 5.91 Å². The molecule has 0 aliphatic heterocycles. The van der Waals surface area contributed by atoms with Crippen LogP contribution in [0.4, 0.5) is 8.78 Å². The zero-order valence-corrected chi connectivity index (χ0v) is 11.2. The summed E-state index contributed by atoms with van der Waals surface area (Å²) < 4.78 is 26.1. The zero-order valence-electron chi connectivity index (χ0n) is 11.2. The summed E-state index contributed by atoms with van der Waals surface area (Å²) >= 11 is 0. The standard InChI is InChI=1S/C14H19F2NO2/c1-10(18)7-8-17(2)14(19)6-4-11-3-5-12(15)9-13(11)16/h3,5,9-10,18H,4,6-8H2,1-2H3. The third-order valence-electron chi connectivity index (χ3n) is 2.93. The lowest BCUT2D eigenvalue weighted by Gasteiger charge is -2.18. The minimum Gasteiger partial charge on any atom is -0.393 e. The molecule has 5 heteroatoms. The average molecular weight is 271 g/mol. The van der Waals surface area contributed by atoms with Gasteiger partial charge in [-0.05, 0) is 31.4 Å². The van der Waals surface area contributed by atoms with Crippen molar-refractivity contribution in [2.75, 3.05) is 13.6 Å². The van der Waals surface area contributed by atoms with Crippen molar-refractivity contribution in [1.82, 2.24) is 4.90 Å². The van der Waals surface area contributed by atoms with Gasteiger partial charge in [0.15, 0.2) is 0 Å². The van der Waals surface area contributed by atoms with Gasteiger partial charge in [0.25, 0.3) is 0 Å². The van der Waals surface area contributed by atoms with Crippen LogP contribution in [0.5, 0.6) is 0 Å². The maximum absolute atomic E-state index is 13.4. The minimum absolute atomic E-state index is 0.121. The summed E-state index contributed by atoms with van der Waals surface area (Å²) in [7, 11) is 1.64. The van der Waals surface area contributed by atoms with Gasteiger partial charge in [-0.15, -0.1) is 0 Å². The summed E-state index contributed by atoms with van der Waals surface area (Å²) in [6.45, 7) is 2.12. The molecule has 0 fully saturated rings. The molecule has 1 unspecified atom stereocenters. The first-order valence-corrected chi connectivity index (χ1v) is 6.26. The Bertz CT molecular complexity index is 435. The number of benzene rings is 1. The Morgan fingerprint density at radius 1 is 1.42 bits per heavy atom. The summed E-state index contributed by atoms with van der Waals surface area (Å²) in [6.07, 6.45) is 0.459. The minimum atomic E-state index is -0.626. The summed E-state index contributed by atoms with van der Waals surface area (Å²) in [5.74, 6) is -1.37. The Morgan fingerprint density at radius 2 is 2.11 bits per heavy atom. The largest absolute Gasteiger partial charge is 0.393 e. The second-order valence-corrected chi connectivity index (χ2v) is 4.69. The molecule has 0 heterocycles. The Labute approximate surface area is 111 Å². The van der Waals surface area contributed by atoms with Crippen LogP contribution < -0.4 is 0 Å². The van der Waals surface area contributed by atoms with E-state index in [1.807, 2.05) is 0 Å². The van der Waals surface area contributed by atoms with Gasteiger partial charge >= 0.3 is 0 Å². The van der Waals surface area contributed by atoms with E-state index in [0.717, 1.165) is 6.07 Å². The summed E-state index contributed by atoms with van der Waals surface area (Å²) in [5, 5.41) is 9.13. The number of amides is 1. The van der Waals surface area contributed by atoms with Crippen molar-refractivity contribution in [3.63, 3.8) is 0 Å². The normalized spacial score (nSPS) is 12.3. The van der Waals surface area contributed by atoms with Gasteiger partial charge < -0.3 is 10.0 Å². The highest BCUT2D eigenvalue weighted by Gasteiger charge is 2.11. The van der Waals surface area contributed by atoms with E-state index in [0.29, 0.717) is 18.5 Å². The molecule has 0 saturated heterocycles. The van der Waals surface area contributed by atoms with Crippen LogP contribution in [0.15, 0.2) is 18.2 Å². The first-order valence-electron chi connectivity index (χ1n) is 6.26. The Hall–Kier alpha value is -1.49. The molecular formula is C14H19F2NO2. The molecule has 0 aromatic heterocycles. The van der Waals surface area contributed by atoms with Crippen LogP contribution in [-0.2, 0) is 11.2 Å². The first-order chi connectivity index (χ1) is 8.90. The van der Waals surface area contributed by atoms with E-state index in [1.54, 1.807) is 14.0 Å². The fraction of sp³-hybridized carbons (Fsp3) is 0.500. The number of nitrogens with zero attached hydrogens (tertiary/aromatic N) is 1. The fourth-order valence-electron chi connectivity index (χ4n) is 1.66. The number of aryl methyl sites for hydroxylation is 1. The van der Waals surface area contributed by atoms with Crippen molar-refractivity contribution < 1.29 is 18.7 Å². The molecule has 0 bridgehead atoms. The van der Waals surface area contributed by atoms with Crippen LogP contribution in [-0.4, -0.2) is 35.6 Å². The van der Waals surface area contributed by atoms with Gasteiger partial charge in [-0.3, -0.25) is 4.79 Å². The molecule has 106 valence electrons. The molecular weight excluding hydrogens is 252 g/mol. The van der Waals surface area contributed by atoms with E-state index >= 15 is 0 Å². The molecule has 0 aliphatic rings. The van der Waals surface area contributed by atoms with Crippen LogP contribution >= 0.6 is 0 Å². The van der Waals surface area contributed by atoms with Gasteiger partial charge in [-0.1, -0.05) is 6.07 Å². The monoisotopic (exact) mass is 271 g/mol. The molecule has 0 spiro atoms. The van der Waals surface area contributed by atoms with E-state index in [-0.39, 0.29) is 18.7 Å². The average Bonchev–Trinajstić information content (AvgIpc) is 2.34. The maximum atomic E-state index is 13.4. The molecule has 1 amide bonds. The van der Waals surface area contributed by atoms with Crippen molar-refractivity contribution in [2.45, 2.75) is 32.3 Å². The number of carbonyl (C=O) groups is 1. The predicted octanol–water partition coefficient (Wildman–Crippen LogP) is 2.13.